The lowest BCUT2D eigenvalue weighted by Crippen LogP contribution is -2.30. The van der Waals surface area contributed by atoms with Gasteiger partial charge in [0.1, 0.15) is 5.75 Å². The lowest BCUT2D eigenvalue weighted by Gasteiger charge is -2.29. The molecule has 2 atom stereocenters. The summed E-state index contributed by atoms with van der Waals surface area (Å²) >= 11 is 5.77. The van der Waals surface area contributed by atoms with E-state index < -0.39 is 0 Å². The average molecular weight is 428 g/mol. The molecule has 0 spiro atoms. The highest BCUT2D eigenvalue weighted by Gasteiger charge is 2.41. The molecule has 0 unspecified atom stereocenters. The largest absolute Gasteiger partial charge is 0.508 e. The number of thiocarbonyl (C=S) groups is 1. The van der Waals surface area contributed by atoms with Crippen LogP contribution in [-0.4, -0.2) is 29.7 Å². The van der Waals surface area contributed by atoms with Crippen LogP contribution in [0.25, 0.3) is 5.69 Å². The summed E-state index contributed by atoms with van der Waals surface area (Å²) in [6.45, 7) is 0.656. The maximum atomic E-state index is 9.71. The molecule has 1 aliphatic heterocycles. The van der Waals surface area contributed by atoms with Crippen molar-refractivity contribution in [2.45, 2.75) is 18.6 Å². The quantitative estimate of drug-likeness (QED) is 0.467. The first-order chi connectivity index (χ1) is 15.2. The number of phenols is 1. The normalized spacial score (nSPS) is 18.2. The van der Waals surface area contributed by atoms with Crippen LogP contribution in [0.15, 0.2) is 91.5 Å². The minimum Gasteiger partial charge on any atom is -0.508 e. The van der Waals surface area contributed by atoms with Gasteiger partial charge in [0, 0.05) is 42.7 Å². The Hall–Kier alpha value is -3.71. The summed E-state index contributed by atoms with van der Waals surface area (Å²) in [6, 6.07) is 21.1. The fraction of sp³-hybridized carbons (Fsp3) is 0.125. The van der Waals surface area contributed by atoms with Gasteiger partial charge in [-0.25, -0.2) is 0 Å². The molecule has 5 rings (SSSR count). The zero-order chi connectivity index (χ0) is 21.2. The smallest absolute Gasteiger partial charge is 0.170 e. The summed E-state index contributed by atoms with van der Waals surface area (Å²) in [4.78, 5) is 10.9. The molecule has 4 aromatic rings. The lowest BCUT2D eigenvalue weighted by atomic mass is 10.0. The molecule has 31 heavy (non-hydrogen) atoms. The minimum absolute atomic E-state index is 0.0700. The van der Waals surface area contributed by atoms with Crippen molar-refractivity contribution in [3.8, 4) is 11.4 Å². The maximum Gasteiger partial charge on any atom is 0.170 e. The topological polar surface area (TPSA) is 66.2 Å². The molecule has 6 nitrogen and oxygen atoms in total. The summed E-state index contributed by atoms with van der Waals surface area (Å²) in [7, 11) is 0. The van der Waals surface area contributed by atoms with Gasteiger partial charge in [-0.1, -0.05) is 6.07 Å². The van der Waals surface area contributed by atoms with Gasteiger partial charge < -0.3 is 19.9 Å². The van der Waals surface area contributed by atoms with Gasteiger partial charge >= 0.3 is 0 Å². The summed E-state index contributed by atoms with van der Waals surface area (Å²) in [5.74, 6) is 0.242. The molecular weight excluding hydrogens is 406 g/mol. The molecule has 154 valence electrons. The van der Waals surface area contributed by atoms with Gasteiger partial charge in [-0.3, -0.25) is 9.97 Å². The monoisotopic (exact) mass is 427 g/mol. The van der Waals surface area contributed by atoms with Gasteiger partial charge in [-0.2, -0.15) is 0 Å². The Kier molecular flexibility index (Phi) is 5.09. The molecule has 7 heteroatoms. The number of rotatable bonds is 5. The van der Waals surface area contributed by atoms with E-state index in [0.29, 0.717) is 11.7 Å². The number of aromatic nitrogens is 3. The van der Waals surface area contributed by atoms with E-state index in [4.69, 9.17) is 12.2 Å². The van der Waals surface area contributed by atoms with Gasteiger partial charge in [0.15, 0.2) is 5.11 Å². The Morgan fingerprint density at radius 1 is 0.935 bits per heavy atom. The van der Waals surface area contributed by atoms with Gasteiger partial charge in [-0.05, 0) is 78.4 Å². The van der Waals surface area contributed by atoms with E-state index in [1.165, 1.54) is 0 Å². The van der Waals surface area contributed by atoms with Crippen LogP contribution in [-0.2, 0) is 6.54 Å². The highest BCUT2D eigenvalue weighted by molar-refractivity contribution is 7.80. The lowest BCUT2D eigenvalue weighted by molar-refractivity contribution is 0.302. The molecule has 0 radical (unpaired) electrons. The minimum atomic E-state index is -0.0960. The van der Waals surface area contributed by atoms with E-state index in [2.05, 4.69) is 30.8 Å². The van der Waals surface area contributed by atoms with Crippen molar-refractivity contribution in [1.29, 1.82) is 0 Å². The highest BCUT2D eigenvalue weighted by Crippen LogP contribution is 2.40. The van der Waals surface area contributed by atoms with Crippen LogP contribution in [0.2, 0.25) is 0 Å². The van der Waals surface area contributed by atoms with E-state index in [1.807, 2.05) is 60.9 Å². The van der Waals surface area contributed by atoms with E-state index >= 15 is 0 Å². The van der Waals surface area contributed by atoms with E-state index in [9.17, 15) is 5.11 Å². The molecule has 4 heterocycles. The number of hydrogen-bond acceptors (Lipinski definition) is 4. The molecule has 0 bridgehead atoms. The Labute approximate surface area is 185 Å². The Bertz CT molecular complexity index is 1180. The van der Waals surface area contributed by atoms with Crippen molar-refractivity contribution < 1.29 is 5.11 Å². The number of benzene rings is 1. The number of phenolic OH excluding ortho intramolecular Hbond substituents is 1. The average Bonchev–Trinajstić information content (AvgIpc) is 3.40. The predicted molar refractivity (Wildman–Crippen MR) is 123 cm³/mol. The SMILES string of the molecule is Oc1ccc(-n2cccc2[C@@H]2[C@H](c3ccccn3)NC(=S)N2Cc2ccncc2)cc1. The number of hydrogen-bond donors (Lipinski definition) is 2. The third kappa shape index (κ3) is 3.75. The van der Waals surface area contributed by atoms with Gasteiger partial charge in [-0.15, -0.1) is 0 Å². The van der Waals surface area contributed by atoms with Crippen molar-refractivity contribution in [3.05, 3.63) is 108 Å². The third-order valence-corrected chi connectivity index (χ3v) is 5.86. The Morgan fingerprint density at radius 3 is 2.48 bits per heavy atom. The zero-order valence-corrected chi connectivity index (χ0v) is 17.5. The molecule has 0 aliphatic carbocycles. The van der Waals surface area contributed by atoms with Crippen LogP contribution in [0.5, 0.6) is 5.75 Å². The highest BCUT2D eigenvalue weighted by atomic mass is 32.1. The Balaban J connectivity index is 1.60. The van der Waals surface area contributed by atoms with Crippen molar-refractivity contribution in [2.75, 3.05) is 0 Å². The van der Waals surface area contributed by atoms with Crippen molar-refractivity contribution in [3.63, 3.8) is 0 Å². The van der Waals surface area contributed by atoms with Crippen molar-refractivity contribution in [2.24, 2.45) is 0 Å². The predicted octanol–water partition coefficient (Wildman–Crippen LogP) is 4.15. The van der Waals surface area contributed by atoms with Crippen LogP contribution in [0.1, 0.15) is 29.0 Å². The molecule has 0 amide bonds. The van der Waals surface area contributed by atoms with E-state index in [0.717, 1.165) is 22.6 Å². The first kappa shape index (κ1) is 19.3. The van der Waals surface area contributed by atoms with Crippen molar-refractivity contribution in [1.82, 2.24) is 24.8 Å². The van der Waals surface area contributed by atoms with Crippen LogP contribution in [0, 0.1) is 0 Å². The summed E-state index contributed by atoms with van der Waals surface area (Å²) in [5.41, 5.74) is 4.13. The second kappa shape index (κ2) is 8.20. The fourth-order valence-electron chi connectivity index (χ4n) is 4.07. The molecule has 3 aromatic heterocycles. The third-order valence-electron chi connectivity index (χ3n) is 5.51. The second-order valence-corrected chi connectivity index (χ2v) is 7.82. The van der Waals surface area contributed by atoms with Gasteiger partial charge in [0.05, 0.1) is 17.8 Å². The van der Waals surface area contributed by atoms with Crippen molar-refractivity contribution >= 4 is 17.3 Å². The van der Waals surface area contributed by atoms with Crippen LogP contribution in [0.4, 0.5) is 0 Å². The molecule has 2 N–H and O–H groups in total. The second-order valence-electron chi connectivity index (χ2n) is 7.43. The molecule has 1 aromatic carbocycles. The van der Waals surface area contributed by atoms with Gasteiger partial charge in [0.2, 0.25) is 0 Å². The van der Waals surface area contributed by atoms with Crippen LogP contribution < -0.4 is 5.32 Å². The maximum absolute atomic E-state index is 9.71. The first-order valence-corrected chi connectivity index (χ1v) is 10.4. The number of nitrogens with zero attached hydrogens (tertiary/aromatic N) is 4. The molecule has 1 saturated heterocycles. The zero-order valence-electron chi connectivity index (χ0n) is 16.7. The molecular formula is C24H21N5OS. The Morgan fingerprint density at radius 2 is 1.74 bits per heavy atom. The summed E-state index contributed by atoms with van der Waals surface area (Å²) in [6.07, 6.45) is 7.43. The standard InChI is InChI=1S/C24H21N5OS/c30-19-8-6-18(7-9-19)28-15-3-5-21(28)23-22(20-4-1-2-12-26-20)27-24(31)29(23)16-17-10-13-25-14-11-17/h1-15,22-23,30H,16H2,(H,27,31)/t22-,23+/m0/s1. The molecule has 1 fully saturated rings. The number of nitrogens with one attached hydrogen (secondary N) is 1. The molecule has 0 saturated carbocycles. The van der Waals surface area contributed by atoms with Crippen LogP contribution >= 0.6 is 12.2 Å². The number of aromatic hydroxyl groups is 1. The summed E-state index contributed by atoms with van der Waals surface area (Å²) < 4.78 is 2.13. The fourth-order valence-corrected chi connectivity index (χ4v) is 4.37. The van der Waals surface area contributed by atoms with E-state index in [1.54, 1.807) is 24.5 Å². The van der Waals surface area contributed by atoms with E-state index in [-0.39, 0.29) is 17.8 Å². The summed E-state index contributed by atoms with van der Waals surface area (Å²) in [5, 5.41) is 13.9. The molecule has 1 aliphatic rings. The van der Waals surface area contributed by atoms with Crippen LogP contribution in [0.3, 0.4) is 0 Å². The first-order valence-electron chi connectivity index (χ1n) is 10.0. The van der Waals surface area contributed by atoms with Gasteiger partial charge in [0.25, 0.3) is 0 Å². The number of pyridine rings is 2.